The van der Waals surface area contributed by atoms with Crippen LogP contribution >= 0.6 is 0 Å². The van der Waals surface area contributed by atoms with Crippen LogP contribution in [0.4, 0.5) is 5.69 Å². The fourth-order valence-electron chi connectivity index (χ4n) is 4.32. The number of carbonyl (C=O) groups excluding carboxylic acids is 2. The fraction of sp³-hybridized carbons (Fsp3) is 0.500. The fourth-order valence-corrected chi connectivity index (χ4v) is 5.35. The van der Waals surface area contributed by atoms with Crippen LogP contribution in [0.1, 0.15) is 91.8 Å². The molecule has 1 aliphatic heterocycles. The molecule has 2 aromatic rings. The molecule has 2 aromatic carbocycles. The highest BCUT2D eigenvalue weighted by Crippen LogP contribution is 2.26. The van der Waals surface area contributed by atoms with Crippen molar-refractivity contribution in [1.82, 2.24) is 4.90 Å². The highest BCUT2D eigenvalue weighted by molar-refractivity contribution is 7.92. The third-order valence-corrected chi connectivity index (χ3v) is 7.62. The number of hydrogen-bond donors (Lipinski definition) is 1. The van der Waals surface area contributed by atoms with Crippen LogP contribution in [0.15, 0.2) is 48.5 Å². The van der Waals surface area contributed by atoms with Crippen LogP contribution < -0.4 is 9.46 Å². The molecule has 0 saturated heterocycles. The first-order valence-electron chi connectivity index (χ1n) is 13.1. The Hall–Kier alpha value is -2.87. The third-order valence-electron chi connectivity index (χ3n) is 6.37. The molecule has 3 rings (SSSR count). The van der Waals surface area contributed by atoms with Gasteiger partial charge in [-0.05, 0) is 30.7 Å². The van der Waals surface area contributed by atoms with Gasteiger partial charge in [0.05, 0.1) is 29.2 Å². The lowest BCUT2D eigenvalue weighted by Crippen LogP contribution is -2.35. The molecule has 196 valence electrons. The number of unbranched alkanes of at least 4 members (excludes halogenated alkanes) is 9. The van der Waals surface area contributed by atoms with E-state index in [2.05, 4.69) is 11.6 Å². The molecule has 0 aromatic heterocycles. The van der Waals surface area contributed by atoms with E-state index in [0.29, 0.717) is 29.2 Å². The van der Waals surface area contributed by atoms with Crippen molar-refractivity contribution in [3.8, 4) is 5.75 Å². The molecule has 7 nitrogen and oxygen atoms in total. The van der Waals surface area contributed by atoms with Gasteiger partial charge in [-0.15, -0.1) is 0 Å². The van der Waals surface area contributed by atoms with E-state index in [9.17, 15) is 18.0 Å². The van der Waals surface area contributed by atoms with Gasteiger partial charge in [0.25, 0.3) is 11.8 Å². The number of para-hydroxylation sites is 2. The number of amides is 2. The number of fused-ring (bicyclic) bond motifs is 1. The Balaban J connectivity index is 1.41. The molecule has 0 fully saturated rings. The lowest BCUT2D eigenvalue weighted by Gasteiger charge is -2.16. The maximum atomic E-state index is 12.7. The zero-order valence-corrected chi connectivity index (χ0v) is 22.0. The second-order valence-electron chi connectivity index (χ2n) is 9.26. The number of nitrogens with zero attached hydrogens (tertiary/aromatic N) is 1. The first-order valence-corrected chi connectivity index (χ1v) is 14.8. The maximum absolute atomic E-state index is 12.7. The Morgan fingerprint density at radius 3 is 1.89 bits per heavy atom. The number of sulfonamides is 1. The van der Waals surface area contributed by atoms with Crippen molar-refractivity contribution in [2.24, 2.45) is 0 Å². The SMILES string of the molecule is CCCCCCCCCCCCOc1ccccc1NS(=O)(=O)CCN1C(=O)c2ccccc2C1=O. The minimum absolute atomic E-state index is 0.219. The Labute approximate surface area is 215 Å². The molecule has 0 saturated carbocycles. The van der Waals surface area contributed by atoms with Crippen molar-refractivity contribution in [2.75, 3.05) is 23.6 Å². The number of hydrogen-bond acceptors (Lipinski definition) is 5. The van der Waals surface area contributed by atoms with Crippen LogP contribution in [0, 0.1) is 0 Å². The zero-order valence-electron chi connectivity index (χ0n) is 21.2. The summed E-state index contributed by atoms with van der Waals surface area (Å²) in [6.45, 7) is 2.53. The van der Waals surface area contributed by atoms with Crippen LogP contribution in [0.25, 0.3) is 0 Å². The Morgan fingerprint density at radius 2 is 1.28 bits per heavy atom. The minimum atomic E-state index is -3.81. The Bertz CT molecular complexity index is 1080. The first kappa shape index (κ1) is 27.7. The molecule has 8 heteroatoms. The van der Waals surface area contributed by atoms with Gasteiger partial charge >= 0.3 is 0 Å². The molecule has 0 aliphatic carbocycles. The first-order chi connectivity index (χ1) is 17.4. The summed E-state index contributed by atoms with van der Waals surface area (Å²) in [7, 11) is -3.81. The molecular formula is C28H38N2O5S. The van der Waals surface area contributed by atoms with E-state index >= 15 is 0 Å². The minimum Gasteiger partial charge on any atom is -0.491 e. The van der Waals surface area contributed by atoms with Gasteiger partial charge in [-0.25, -0.2) is 8.42 Å². The largest absolute Gasteiger partial charge is 0.491 e. The van der Waals surface area contributed by atoms with Crippen LogP contribution in [0.2, 0.25) is 0 Å². The third kappa shape index (κ3) is 8.08. The second-order valence-corrected chi connectivity index (χ2v) is 11.1. The summed E-state index contributed by atoms with van der Waals surface area (Å²) in [5.74, 6) is -0.861. The van der Waals surface area contributed by atoms with E-state index < -0.39 is 27.6 Å². The van der Waals surface area contributed by atoms with Gasteiger partial charge in [0, 0.05) is 6.54 Å². The van der Waals surface area contributed by atoms with Crippen LogP contribution in [-0.2, 0) is 10.0 Å². The number of rotatable bonds is 17. The molecule has 0 atom stereocenters. The van der Waals surface area contributed by atoms with Crippen molar-refractivity contribution in [3.63, 3.8) is 0 Å². The molecule has 36 heavy (non-hydrogen) atoms. The zero-order chi connectivity index (χ0) is 25.8. The predicted molar refractivity (Wildman–Crippen MR) is 143 cm³/mol. The van der Waals surface area contributed by atoms with E-state index in [1.807, 2.05) is 0 Å². The van der Waals surface area contributed by atoms with Crippen LogP contribution in [0.3, 0.4) is 0 Å². The summed E-state index contributed by atoms with van der Waals surface area (Å²) in [4.78, 5) is 26.0. The van der Waals surface area contributed by atoms with E-state index in [-0.39, 0.29) is 6.54 Å². The summed E-state index contributed by atoms with van der Waals surface area (Å²) in [6, 6.07) is 13.4. The number of nitrogens with one attached hydrogen (secondary N) is 1. The average Bonchev–Trinajstić information content (AvgIpc) is 3.11. The average molecular weight is 515 g/mol. The van der Waals surface area contributed by atoms with Crippen molar-refractivity contribution in [1.29, 1.82) is 0 Å². The Morgan fingerprint density at radius 1 is 0.750 bits per heavy atom. The molecule has 0 bridgehead atoms. The van der Waals surface area contributed by atoms with Crippen LogP contribution in [0.5, 0.6) is 5.75 Å². The van der Waals surface area contributed by atoms with Crippen molar-refractivity contribution >= 4 is 27.5 Å². The van der Waals surface area contributed by atoms with E-state index in [1.54, 1.807) is 48.5 Å². The number of benzene rings is 2. The predicted octanol–water partition coefficient (Wildman–Crippen LogP) is 6.02. The Kier molecular flexibility index (Phi) is 10.8. The van der Waals surface area contributed by atoms with E-state index in [4.69, 9.17) is 4.74 Å². The lowest BCUT2D eigenvalue weighted by molar-refractivity contribution is 0.0664. The standard InChI is InChI=1S/C28H38N2O5S/c1-2-3-4-5-6-7-8-9-10-15-21-35-26-19-14-13-18-25(26)29-36(33,34)22-20-30-27(31)23-16-11-12-17-24(23)28(30)32/h11-14,16-19,29H,2-10,15,20-22H2,1H3. The molecule has 0 radical (unpaired) electrons. The molecule has 1 aliphatic rings. The monoisotopic (exact) mass is 514 g/mol. The van der Waals surface area contributed by atoms with E-state index in [0.717, 1.165) is 17.7 Å². The molecule has 1 N–H and O–H groups in total. The maximum Gasteiger partial charge on any atom is 0.261 e. The van der Waals surface area contributed by atoms with Gasteiger partial charge in [-0.3, -0.25) is 19.2 Å². The summed E-state index contributed by atoms with van der Waals surface area (Å²) >= 11 is 0. The number of ether oxygens (including phenoxy) is 1. The quantitative estimate of drug-likeness (QED) is 0.206. The summed E-state index contributed by atoms with van der Waals surface area (Å²) < 4.78 is 33.9. The van der Waals surface area contributed by atoms with Crippen molar-refractivity contribution in [2.45, 2.75) is 71.1 Å². The normalized spacial score (nSPS) is 13.2. The summed E-state index contributed by atoms with van der Waals surface area (Å²) in [6.07, 6.45) is 12.3. The molecule has 1 heterocycles. The van der Waals surface area contributed by atoms with Gasteiger partial charge in [0.2, 0.25) is 10.0 Å². The van der Waals surface area contributed by atoms with Crippen molar-refractivity contribution < 1.29 is 22.7 Å². The molecule has 0 unspecified atom stereocenters. The molecule has 0 spiro atoms. The molecular weight excluding hydrogens is 476 g/mol. The van der Waals surface area contributed by atoms with E-state index in [1.165, 1.54) is 51.4 Å². The summed E-state index contributed by atoms with van der Waals surface area (Å²) in [5.41, 5.74) is 0.962. The topological polar surface area (TPSA) is 92.8 Å². The highest BCUT2D eigenvalue weighted by atomic mass is 32.2. The smallest absolute Gasteiger partial charge is 0.261 e. The summed E-state index contributed by atoms with van der Waals surface area (Å²) in [5, 5.41) is 0. The second kappa shape index (κ2) is 14.0. The van der Waals surface area contributed by atoms with Gasteiger partial charge in [-0.1, -0.05) is 89.0 Å². The number of anilines is 1. The number of carbonyl (C=O) groups is 2. The van der Waals surface area contributed by atoms with Gasteiger partial charge in [0.1, 0.15) is 5.75 Å². The van der Waals surface area contributed by atoms with Crippen molar-refractivity contribution in [3.05, 3.63) is 59.7 Å². The highest BCUT2D eigenvalue weighted by Gasteiger charge is 2.35. The van der Waals surface area contributed by atoms with Gasteiger partial charge < -0.3 is 4.74 Å². The lowest BCUT2D eigenvalue weighted by atomic mass is 10.1. The van der Waals surface area contributed by atoms with Crippen LogP contribution in [-0.4, -0.2) is 44.0 Å². The van der Waals surface area contributed by atoms with Gasteiger partial charge in [-0.2, -0.15) is 0 Å². The van der Waals surface area contributed by atoms with Gasteiger partial charge in [0.15, 0.2) is 0 Å². The molecule has 2 amide bonds. The number of imide groups is 1.